The third-order valence-electron chi connectivity index (χ3n) is 4.76. The van der Waals surface area contributed by atoms with Crippen LogP contribution in [0.25, 0.3) is 0 Å². The van der Waals surface area contributed by atoms with Crippen molar-refractivity contribution in [3.63, 3.8) is 0 Å². The molecule has 6 nitrogen and oxygen atoms in total. The lowest BCUT2D eigenvalue weighted by Gasteiger charge is -2.34. The predicted molar refractivity (Wildman–Crippen MR) is 96.7 cm³/mol. The first-order valence-electron chi connectivity index (χ1n) is 8.95. The quantitative estimate of drug-likeness (QED) is 0.809. The van der Waals surface area contributed by atoms with Gasteiger partial charge in [-0.15, -0.1) is 11.3 Å². The molecule has 136 valence electrons. The molecule has 25 heavy (non-hydrogen) atoms. The van der Waals surface area contributed by atoms with Crippen molar-refractivity contribution >= 4 is 29.1 Å². The summed E-state index contributed by atoms with van der Waals surface area (Å²) >= 11 is 1.69. The lowest BCUT2D eigenvalue weighted by molar-refractivity contribution is -0.147. The van der Waals surface area contributed by atoms with E-state index in [0.29, 0.717) is 26.2 Å². The SMILES string of the molecule is CC(C)NC(=O)C(=O)N1CCN(C(=O)c2csc3c2CCCC3)CC1. The first kappa shape index (κ1) is 17.9. The van der Waals surface area contributed by atoms with Gasteiger partial charge >= 0.3 is 11.8 Å². The van der Waals surface area contributed by atoms with Gasteiger partial charge in [-0.25, -0.2) is 0 Å². The van der Waals surface area contributed by atoms with Gasteiger partial charge in [0.15, 0.2) is 0 Å². The molecule has 0 spiro atoms. The molecule has 0 unspecified atom stereocenters. The average molecular weight is 363 g/mol. The number of thiophene rings is 1. The first-order chi connectivity index (χ1) is 12.0. The number of fused-ring (bicyclic) bond motifs is 1. The number of hydrogen-bond acceptors (Lipinski definition) is 4. The zero-order chi connectivity index (χ0) is 18.0. The van der Waals surface area contributed by atoms with Gasteiger partial charge in [0.2, 0.25) is 0 Å². The van der Waals surface area contributed by atoms with Gasteiger partial charge < -0.3 is 15.1 Å². The molecule has 1 aromatic rings. The number of nitrogens with zero attached hydrogens (tertiary/aromatic N) is 2. The number of piperazine rings is 1. The highest BCUT2D eigenvalue weighted by molar-refractivity contribution is 7.10. The van der Waals surface area contributed by atoms with E-state index in [1.807, 2.05) is 19.2 Å². The second-order valence-corrected chi connectivity index (χ2v) is 7.93. The molecular formula is C18H25N3O3S. The summed E-state index contributed by atoms with van der Waals surface area (Å²) in [6, 6.07) is -0.0657. The smallest absolute Gasteiger partial charge is 0.312 e. The molecule has 1 aliphatic heterocycles. The van der Waals surface area contributed by atoms with Crippen molar-refractivity contribution in [3.05, 3.63) is 21.4 Å². The van der Waals surface area contributed by atoms with E-state index in [1.54, 1.807) is 16.2 Å². The second kappa shape index (κ2) is 7.56. The molecule has 1 N–H and O–H groups in total. The van der Waals surface area contributed by atoms with E-state index in [2.05, 4.69) is 5.32 Å². The van der Waals surface area contributed by atoms with Crippen LogP contribution in [0.2, 0.25) is 0 Å². The largest absolute Gasteiger partial charge is 0.346 e. The Balaban J connectivity index is 1.59. The van der Waals surface area contributed by atoms with Crippen LogP contribution in [-0.4, -0.2) is 59.7 Å². The molecule has 1 aromatic heterocycles. The van der Waals surface area contributed by atoms with Gasteiger partial charge in [0.05, 0.1) is 5.56 Å². The number of rotatable bonds is 2. The fraction of sp³-hybridized carbons (Fsp3) is 0.611. The number of nitrogens with one attached hydrogen (secondary N) is 1. The van der Waals surface area contributed by atoms with Crippen LogP contribution in [0.1, 0.15) is 47.5 Å². The molecule has 3 rings (SSSR count). The van der Waals surface area contributed by atoms with E-state index in [1.165, 1.54) is 21.8 Å². The maximum Gasteiger partial charge on any atom is 0.312 e. The van der Waals surface area contributed by atoms with Gasteiger partial charge in [0, 0.05) is 42.5 Å². The Kier molecular flexibility index (Phi) is 5.42. The van der Waals surface area contributed by atoms with Crippen LogP contribution in [0.3, 0.4) is 0 Å². The molecule has 0 aromatic carbocycles. The Hall–Kier alpha value is -1.89. The van der Waals surface area contributed by atoms with Crippen LogP contribution in [0.5, 0.6) is 0 Å². The Morgan fingerprint density at radius 2 is 1.68 bits per heavy atom. The van der Waals surface area contributed by atoms with Crippen LogP contribution in [0.15, 0.2) is 5.38 Å². The molecule has 2 aliphatic rings. The van der Waals surface area contributed by atoms with Crippen molar-refractivity contribution in [2.45, 2.75) is 45.6 Å². The topological polar surface area (TPSA) is 69.7 Å². The van der Waals surface area contributed by atoms with Crippen LogP contribution in [0, 0.1) is 0 Å². The van der Waals surface area contributed by atoms with Gasteiger partial charge in [0.25, 0.3) is 5.91 Å². The van der Waals surface area contributed by atoms with Crippen molar-refractivity contribution in [1.29, 1.82) is 0 Å². The van der Waals surface area contributed by atoms with E-state index in [4.69, 9.17) is 0 Å². The summed E-state index contributed by atoms with van der Waals surface area (Å²) in [6.07, 6.45) is 4.44. The van der Waals surface area contributed by atoms with Gasteiger partial charge in [-0.3, -0.25) is 14.4 Å². The Labute approximate surface area is 152 Å². The highest BCUT2D eigenvalue weighted by atomic mass is 32.1. The predicted octanol–water partition coefficient (Wildman–Crippen LogP) is 1.44. The molecule has 7 heteroatoms. The van der Waals surface area contributed by atoms with Crippen LogP contribution < -0.4 is 5.32 Å². The van der Waals surface area contributed by atoms with E-state index < -0.39 is 11.8 Å². The zero-order valence-electron chi connectivity index (χ0n) is 14.8. The summed E-state index contributed by atoms with van der Waals surface area (Å²) < 4.78 is 0. The van der Waals surface area contributed by atoms with Crippen molar-refractivity contribution in [3.8, 4) is 0 Å². The summed E-state index contributed by atoms with van der Waals surface area (Å²) in [4.78, 5) is 41.5. The lowest BCUT2D eigenvalue weighted by Crippen LogP contribution is -2.54. The molecule has 0 bridgehead atoms. The standard InChI is InChI=1S/C18H25N3O3S/c1-12(2)19-16(22)18(24)21-9-7-20(8-10-21)17(23)14-11-25-15-6-4-3-5-13(14)15/h11-12H,3-10H2,1-2H3,(H,19,22). The third kappa shape index (κ3) is 3.86. The van der Waals surface area contributed by atoms with Gasteiger partial charge in [-0.1, -0.05) is 0 Å². The summed E-state index contributed by atoms with van der Waals surface area (Å²) in [6.45, 7) is 5.41. The molecule has 0 atom stereocenters. The molecule has 3 amide bonds. The maximum absolute atomic E-state index is 12.8. The summed E-state index contributed by atoms with van der Waals surface area (Å²) in [5, 5.41) is 4.61. The fourth-order valence-corrected chi connectivity index (χ4v) is 4.54. The third-order valence-corrected chi connectivity index (χ3v) is 5.85. The fourth-order valence-electron chi connectivity index (χ4n) is 3.42. The summed E-state index contributed by atoms with van der Waals surface area (Å²) in [5.74, 6) is -1.01. The molecule has 1 saturated heterocycles. The van der Waals surface area contributed by atoms with Gasteiger partial charge in [-0.05, 0) is 45.1 Å². The van der Waals surface area contributed by atoms with E-state index >= 15 is 0 Å². The monoisotopic (exact) mass is 363 g/mol. The Bertz CT molecular complexity index is 675. The van der Waals surface area contributed by atoms with Crippen molar-refractivity contribution in [2.24, 2.45) is 0 Å². The molecule has 0 radical (unpaired) electrons. The Morgan fingerprint density at radius 1 is 1.04 bits per heavy atom. The number of aryl methyl sites for hydroxylation is 1. The highest BCUT2D eigenvalue weighted by Gasteiger charge is 2.30. The number of hydrogen-bond donors (Lipinski definition) is 1. The van der Waals surface area contributed by atoms with E-state index in [-0.39, 0.29) is 11.9 Å². The average Bonchev–Trinajstić information content (AvgIpc) is 3.04. The van der Waals surface area contributed by atoms with Crippen LogP contribution >= 0.6 is 11.3 Å². The minimum Gasteiger partial charge on any atom is -0.346 e. The number of amides is 3. The zero-order valence-corrected chi connectivity index (χ0v) is 15.7. The van der Waals surface area contributed by atoms with Gasteiger partial charge in [0.1, 0.15) is 0 Å². The molecule has 1 fully saturated rings. The summed E-state index contributed by atoms with van der Waals surface area (Å²) in [5.41, 5.74) is 2.08. The normalized spacial score (nSPS) is 17.4. The molecular weight excluding hydrogens is 338 g/mol. The molecule has 2 heterocycles. The van der Waals surface area contributed by atoms with E-state index in [0.717, 1.165) is 24.8 Å². The van der Waals surface area contributed by atoms with Crippen LogP contribution in [0.4, 0.5) is 0 Å². The number of carbonyl (C=O) groups is 3. The lowest BCUT2D eigenvalue weighted by atomic mass is 9.95. The minimum absolute atomic E-state index is 0.0657. The molecule has 0 saturated carbocycles. The van der Waals surface area contributed by atoms with Crippen molar-refractivity contribution in [2.75, 3.05) is 26.2 Å². The van der Waals surface area contributed by atoms with Gasteiger partial charge in [-0.2, -0.15) is 0 Å². The number of carbonyl (C=O) groups excluding carboxylic acids is 3. The minimum atomic E-state index is -0.568. The molecule has 1 aliphatic carbocycles. The van der Waals surface area contributed by atoms with E-state index in [9.17, 15) is 14.4 Å². The highest BCUT2D eigenvalue weighted by Crippen LogP contribution is 2.31. The first-order valence-corrected chi connectivity index (χ1v) is 9.83. The summed E-state index contributed by atoms with van der Waals surface area (Å²) in [7, 11) is 0. The van der Waals surface area contributed by atoms with Crippen molar-refractivity contribution < 1.29 is 14.4 Å². The maximum atomic E-state index is 12.8. The van der Waals surface area contributed by atoms with Crippen LogP contribution in [-0.2, 0) is 22.4 Å². The second-order valence-electron chi connectivity index (χ2n) is 6.97. The Morgan fingerprint density at radius 3 is 2.36 bits per heavy atom. The van der Waals surface area contributed by atoms with Crippen molar-refractivity contribution in [1.82, 2.24) is 15.1 Å².